The Kier molecular flexibility index (Phi) is 3.48. The minimum Gasteiger partial charge on any atom is -0.321 e. The molecule has 0 aliphatic carbocycles. The molecular formula is C13H18FNO. The van der Waals surface area contributed by atoms with Gasteiger partial charge >= 0.3 is 0 Å². The summed E-state index contributed by atoms with van der Waals surface area (Å²) in [7, 11) is 0. The van der Waals surface area contributed by atoms with Crippen LogP contribution in [0.4, 0.5) is 4.39 Å². The first-order valence-electron chi connectivity index (χ1n) is 5.29. The fourth-order valence-corrected chi connectivity index (χ4v) is 1.39. The number of Topliss-reactive ketones (excluding diaryl/α,β-unsaturated/α-hetero) is 1. The Morgan fingerprint density at radius 3 is 2.44 bits per heavy atom. The van der Waals surface area contributed by atoms with E-state index in [1.54, 1.807) is 12.1 Å². The molecule has 1 rings (SSSR count). The Labute approximate surface area is 95.7 Å². The smallest absolute Gasteiger partial charge is 0.182 e. The molecule has 0 spiro atoms. The van der Waals surface area contributed by atoms with Gasteiger partial charge in [0.05, 0.1) is 11.6 Å². The topological polar surface area (TPSA) is 43.1 Å². The molecule has 1 atom stereocenters. The summed E-state index contributed by atoms with van der Waals surface area (Å²) in [6.07, 6.45) is 0. The molecule has 0 aromatic heterocycles. The van der Waals surface area contributed by atoms with Crippen molar-refractivity contribution in [2.24, 2.45) is 11.1 Å². The molecule has 0 saturated carbocycles. The van der Waals surface area contributed by atoms with Crippen LogP contribution in [0.3, 0.4) is 0 Å². The van der Waals surface area contributed by atoms with E-state index in [1.807, 2.05) is 27.7 Å². The van der Waals surface area contributed by atoms with E-state index in [0.717, 1.165) is 5.56 Å². The van der Waals surface area contributed by atoms with Crippen LogP contribution in [0.15, 0.2) is 18.2 Å². The molecule has 1 aromatic carbocycles. The van der Waals surface area contributed by atoms with Gasteiger partial charge in [0.15, 0.2) is 5.78 Å². The number of carbonyl (C=O) groups is 1. The zero-order chi connectivity index (χ0) is 12.5. The molecule has 0 radical (unpaired) electrons. The van der Waals surface area contributed by atoms with E-state index in [-0.39, 0.29) is 16.8 Å². The second kappa shape index (κ2) is 4.34. The van der Waals surface area contributed by atoms with Crippen LogP contribution in [0.25, 0.3) is 0 Å². The quantitative estimate of drug-likeness (QED) is 0.783. The minimum atomic E-state index is -0.691. The van der Waals surface area contributed by atoms with Crippen molar-refractivity contribution < 1.29 is 9.18 Å². The van der Waals surface area contributed by atoms with Gasteiger partial charge in [-0.1, -0.05) is 32.4 Å². The van der Waals surface area contributed by atoms with Crippen molar-refractivity contribution in [2.75, 3.05) is 0 Å². The molecule has 2 N–H and O–H groups in total. The molecule has 0 saturated heterocycles. The summed E-state index contributed by atoms with van der Waals surface area (Å²) in [6, 6.07) is 3.79. The second-order valence-corrected chi connectivity index (χ2v) is 5.19. The molecular weight excluding hydrogens is 205 g/mol. The molecule has 1 unspecified atom stereocenters. The highest BCUT2D eigenvalue weighted by Crippen LogP contribution is 2.22. The average molecular weight is 223 g/mol. The van der Waals surface area contributed by atoms with Crippen molar-refractivity contribution >= 4 is 5.78 Å². The summed E-state index contributed by atoms with van der Waals surface area (Å²) in [5.41, 5.74) is 6.40. The summed E-state index contributed by atoms with van der Waals surface area (Å²) in [4.78, 5) is 12.0. The molecule has 0 heterocycles. The maximum absolute atomic E-state index is 13.5. The van der Waals surface area contributed by atoms with E-state index in [1.165, 1.54) is 6.07 Å². The van der Waals surface area contributed by atoms with Crippen molar-refractivity contribution in [3.8, 4) is 0 Å². The van der Waals surface area contributed by atoms with Crippen LogP contribution in [0.5, 0.6) is 0 Å². The van der Waals surface area contributed by atoms with E-state index in [0.29, 0.717) is 0 Å². The standard InChI is InChI=1S/C13H18FNO/c1-8-5-6-10(14)9(7-8)11(16)12(15)13(2,3)4/h5-7,12H,15H2,1-4H3. The first-order chi connectivity index (χ1) is 7.23. The van der Waals surface area contributed by atoms with Crippen molar-refractivity contribution in [3.05, 3.63) is 35.1 Å². The largest absolute Gasteiger partial charge is 0.321 e. The number of hydrogen-bond acceptors (Lipinski definition) is 2. The third-order valence-electron chi connectivity index (χ3n) is 2.60. The predicted octanol–water partition coefficient (Wildman–Crippen LogP) is 2.69. The number of hydrogen-bond donors (Lipinski definition) is 1. The van der Waals surface area contributed by atoms with Gasteiger partial charge in [-0.15, -0.1) is 0 Å². The molecule has 0 aliphatic rings. The zero-order valence-corrected chi connectivity index (χ0v) is 10.2. The van der Waals surface area contributed by atoms with Crippen molar-refractivity contribution in [2.45, 2.75) is 33.7 Å². The highest BCUT2D eigenvalue weighted by Gasteiger charge is 2.29. The molecule has 0 bridgehead atoms. The summed E-state index contributed by atoms with van der Waals surface area (Å²) in [5.74, 6) is -0.844. The van der Waals surface area contributed by atoms with Gasteiger partial charge in [0.25, 0.3) is 0 Å². The number of nitrogens with two attached hydrogens (primary N) is 1. The van der Waals surface area contributed by atoms with Crippen molar-refractivity contribution in [1.29, 1.82) is 0 Å². The molecule has 2 nitrogen and oxygen atoms in total. The Balaban J connectivity index is 3.10. The second-order valence-electron chi connectivity index (χ2n) is 5.19. The number of ketones is 1. The normalized spacial score (nSPS) is 13.6. The van der Waals surface area contributed by atoms with Crippen molar-refractivity contribution in [3.63, 3.8) is 0 Å². The summed E-state index contributed by atoms with van der Waals surface area (Å²) >= 11 is 0. The molecule has 0 aliphatic heterocycles. The van der Waals surface area contributed by atoms with E-state index in [9.17, 15) is 9.18 Å². The van der Waals surface area contributed by atoms with Gasteiger partial charge in [-0.2, -0.15) is 0 Å². The minimum absolute atomic E-state index is 0.0856. The van der Waals surface area contributed by atoms with Gasteiger partial charge in [0, 0.05) is 0 Å². The van der Waals surface area contributed by atoms with Crippen LogP contribution < -0.4 is 5.73 Å². The highest BCUT2D eigenvalue weighted by atomic mass is 19.1. The van der Waals surface area contributed by atoms with Crippen LogP contribution in [0.1, 0.15) is 36.7 Å². The molecule has 0 fully saturated rings. The third kappa shape index (κ3) is 2.67. The Hall–Kier alpha value is -1.22. The number of rotatable bonds is 2. The number of aryl methyl sites for hydroxylation is 1. The number of benzene rings is 1. The van der Waals surface area contributed by atoms with Crippen LogP contribution in [0.2, 0.25) is 0 Å². The fourth-order valence-electron chi connectivity index (χ4n) is 1.39. The fraction of sp³-hybridized carbons (Fsp3) is 0.462. The molecule has 1 aromatic rings. The Morgan fingerprint density at radius 2 is 1.94 bits per heavy atom. The van der Waals surface area contributed by atoms with E-state index in [2.05, 4.69) is 0 Å². The van der Waals surface area contributed by atoms with E-state index >= 15 is 0 Å². The molecule has 16 heavy (non-hydrogen) atoms. The maximum Gasteiger partial charge on any atom is 0.182 e. The van der Waals surface area contributed by atoms with Crippen LogP contribution in [0, 0.1) is 18.2 Å². The predicted molar refractivity (Wildman–Crippen MR) is 62.9 cm³/mol. The van der Waals surface area contributed by atoms with Gasteiger partial charge in [0.2, 0.25) is 0 Å². The van der Waals surface area contributed by atoms with Crippen molar-refractivity contribution in [1.82, 2.24) is 0 Å². The lowest BCUT2D eigenvalue weighted by molar-refractivity contribution is 0.0897. The van der Waals surface area contributed by atoms with Crippen LogP contribution in [-0.4, -0.2) is 11.8 Å². The molecule has 3 heteroatoms. The summed E-state index contributed by atoms with van der Waals surface area (Å²) in [5, 5.41) is 0. The molecule has 88 valence electrons. The zero-order valence-electron chi connectivity index (χ0n) is 10.2. The van der Waals surface area contributed by atoms with Gasteiger partial charge < -0.3 is 5.73 Å². The lowest BCUT2D eigenvalue weighted by Crippen LogP contribution is -2.42. The van der Waals surface area contributed by atoms with Gasteiger partial charge in [-0.3, -0.25) is 4.79 Å². The third-order valence-corrected chi connectivity index (χ3v) is 2.60. The van der Waals surface area contributed by atoms with Crippen LogP contribution in [-0.2, 0) is 0 Å². The Morgan fingerprint density at radius 1 is 1.38 bits per heavy atom. The SMILES string of the molecule is Cc1ccc(F)c(C(=O)C(N)C(C)(C)C)c1. The monoisotopic (exact) mass is 223 g/mol. The lowest BCUT2D eigenvalue weighted by atomic mass is 9.82. The van der Waals surface area contributed by atoms with Crippen LogP contribution >= 0.6 is 0 Å². The van der Waals surface area contributed by atoms with Gasteiger partial charge in [-0.05, 0) is 24.5 Å². The Bertz CT molecular complexity index is 407. The van der Waals surface area contributed by atoms with E-state index < -0.39 is 11.9 Å². The number of carbonyl (C=O) groups excluding carboxylic acids is 1. The first-order valence-corrected chi connectivity index (χ1v) is 5.29. The lowest BCUT2D eigenvalue weighted by Gasteiger charge is -2.25. The van der Waals surface area contributed by atoms with E-state index in [4.69, 9.17) is 5.73 Å². The van der Waals surface area contributed by atoms with Gasteiger partial charge in [-0.25, -0.2) is 4.39 Å². The number of halogens is 1. The summed E-state index contributed by atoms with van der Waals surface area (Å²) in [6.45, 7) is 7.41. The first kappa shape index (κ1) is 12.8. The maximum atomic E-state index is 13.5. The highest BCUT2D eigenvalue weighted by molar-refractivity contribution is 6.00. The molecule has 0 amide bonds. The average Bonchev–Trinajstić information content (AvgIpc) is 2.18. The van der Waals surface area contributed by atoms with Gasteiger partial charge in [0.1, 0.15) is 5.82 Å². The summed E-state index contributed by atoms with van der Waals surface area (Å²) < 4.78 is 13.5.